The van der Waals surface area contributed by atoms with Crippen molar-refractivity contribution in [3.05, 3.63) is 5.82 Å². The first kappa shape index (κ1) is 8.53. The van der Waals surface area contributed by atoms with Crippen molar-refractivity contribution in [2.45, 2.75) is 38.5 Å². The second-order valence-corrected chi connectivity index (χ2v) is 3.96. The average Bonchev–Trinajstić information content (AvgIpc) is 2.52. The predicted molar refractivity (Wildman–Crippen MR) is 49.1 cm³/mol. The number of nitrogens with two attached hydrogens (primary N) is 1. The first-order valence-electron chi connectivity index (χ1n) is 4.85. The number of nitrogen functional groups attached to an aromatic ring is 1. The smallest absolute Gasteiger partial charge is 0.318 e. The molecule has 0 spiro atoms. The van der Waals surface area contributed by atoms with Gasteiger partial charge in [0.1, 0.15) is 0 Å². The molecule has 1 fully saturated rings. The molecule has 0 bridgehead atoms. The molecule has 1 aliphatic rings. The van der Waals surface area contributed by atoms with Gasteiger partial charge in [-0.1, -0.05) is 24.9 Å². The van der Waals surface area contributed by atoms with Crippen molar-refractivity contribution in [2.75, 3.05) is 5.73 Å². The topological polar surface area (TPSA) is 64.9 Å². The van der Waals surface area contributed by atoms with Gasteiger partial charge in [-0.05, 0) is 18.8 Å². The Labute approximate surface area is 77.5 Å². The van der Waals surface area contributed by atoms with Crippen molar-refractivity contribution in [2.24, 2.45) is 5.92 Å². The van der Waals surface area contributed by atoms with Crippen LogP contribution in [0.5, 0.6) is 0 Å². The van der Waals surface area contributed by atoms with Gasteiger partial charge in [-0.15, -0.1) is 0 Å². The van der Waals surface area contributed by atoms with Gasteiger partial charge in [0.05, 0.1) is 0 Å². The summed E-state index contributed by atoms with van der Waals surface area (Å²) in [6.07, 6.45) is 4.92. The van der Waals surface area contributed by atoms with Crippen LogP contribution in [0.15, 0.2) is 4.52 Å². The summed E-state index contributed by atoms with van der Waals surface area (Å²) in [4.78, 5) is 4.07. The largest absolute Gasteiger partial charge is 0.351 e. The third kappa shape index (κ3) is 1.82. The van der Waals surface area contributed by atoms with E-state index in [0.29, 0.717) is 5.92 Å². The lowest BCUT2D eigenvalue weighted by molar-refractivity contribution is 0.324. The number of rotatable bonds is 1. The lowest BCUT2D eigenvalue weighted by Crippen LogP contribution is -2.12. The molecule has 1 aromatic rings. The van der Waals surface area contributed by atoms with Gasteiger partial charge >= 0.3 is 6.01 Å². The summed E-state index contributed by atoms with van der Waals surface area (Å²) in [5, 5.41) is 3.86. The predicted octanol–water partition coefficient (Wildman–Crippen LogP) is 1.95. The average molecular weight is 181 g/mol. The summed E-state index contributed by atoms with van der Waals surface area (Å²) >= 11 is 0. The van der Waals surface area contributed by atoms with Crippen LogP contribution in [0.25, 0.3) is 0 Å². The quantitative estimate of drug-likeness (QED) is 0.719. The van der Waals surface area contributed by atoms with Gasteiger partial charge in [-0.3, -0.25) is 0 Å². The minimum absolute atomic E-state index is 0.188. The van der Waals surface area contributed by atoms with Gasteiger partial charge in [0.2, 0.25) is 0 Å². The maximum absolute atomic E-state index is 5.38. The highest BCUT2D eigenvalue weighted by molar-refractivity contribution is 5.10. The Morgan fingerprint density at radius 2 is 2.31 bits per heavy atom. The van der Waals surface area contributed by atoms with Crippen LogP contribution in [0.4, 0.5) is 6.01 Å². The molecule has 1 aliphatic carbocycles. The first-order valence-corrected chi connectivity index (χ1v) is 4.85. The molecular formula is C9H15N3O. The van der Waals surface area contributed by atoms with Crippen molar-refractivity contribution in [3.63, 3.8) is 0 Å². The molecule has 0 saturated heterocycles. The van der Waals surface area contributed by atoms with Gasteiger partial charge in [0.25, 0.3) is 0 Å². The summed E-state index contributed by atoms with van der Waals surface area (Å²) < 4.78 is 4.77. The monoisotopic (exact) mass is 181 g/mol. The Hall–Kier alpha value is -1.06. The third-order valence-corrected chi connectivity index (χ3v) is 2.76. The Morgan fingerprint density at radius 1 is 1.46 bits per heavy atom. The van der Waals surface area contributed by atoms with Gasteiger partial charge < -0.3 is 10.3 Å². The van der Waals surface area contributed by atoms with E-state index in [4.69, 9.17) is 10.3 Å². The van der Waals surface area contributed by atoms with Crippen LogP contribution >= 0.6 is 0 Å². The van der Waals surface area contributed by atoms with Crippen LogP contribution in [-0.4, -0.2) is 10.1 Å². The maximum Gasteiger partial charge on any atom is 0.318 e. The molecule has 0 aromatic carbocycles. The highest BCUT2D eigenvalue weighted by Gasteiger charge is 2.23. The molecule has 72 valence electrons. The maximum atomic E-state index is 5.38. The van der Waals surface area contributed by atoms with E-state index < -0.39 is 0 Å². The Balaban J connectivity index is 2.08. The molecule has 2 rings (SSSR count). The van der Waals surface area contributed by atoms with Gasteiger partial charge in [0.15, 0.2) is 5.82 Å². The molecular weight excluding hydrogens is 166 g/mol. The van der Waals surface area contributed by atoms with E-state index in [9.17, 15) is 0 Å². The molecule has 4 nitrogen and oxygen atoms in total. The summed E-state index contributed by atoms with van der Waals surface area (Å²) in [6, 6.07) is 0.188. The fraction of sp³-hybridized carbons (Fsp3) is 0.778. The van der Waals surface area contributed by atoms with Crippen molar-refractivity contribution in [3.8, 4) is 0 Å². The van der Waals surface area contributed by atoms with Gasteiger partial charge in [-0.25, -0.2) is 0 Å². The molecule has 1 aromatic heterocycles. The van der Waals surface area contributed by atoms with Gasteiger partial charge in [0, 0.05) is 5.92 Å². The fourth-order valence-corrected chi connectivity index (χ4v) is 2.08. The molecule has 2 atom stereocenters. The minimum Gasteiger partial charge on any atom is -0.351 e. The van der Waals surface area contributed by atoms with Crippen LogP contribution in [0.1, 0.15) is 44.3 Å². The Bertz CT molecular complexity index is 284. The Morgan fingerprint density at radius 3 is 2.92 bits per heavy atom. The second kappa shape index (κ2) is 3.36. The molecule has 0 aliphatic heterocycles. The minimum atomic E-state index is 0.188. The van der Waals surface area contributed by atoms with Crippen LogP contribution in [0.2, 0.25) is 0 Å². The van der Waals surface area contributed by atoms with E-state index in [0.717, 1.165) is 11.7 Å². The molecule has 13 heavy (non-hydrogen) atoms. The highest BCUT2D eigenvalue weighted by atomic mass is 16.5. The van der Waals surface area contributed by atoms with E-state index in [1.165, 1.54) is 25.7 Å². The van der Waals surface area contributed by atoms with Crippen LogP contribution < -0.4 is 5.73 Å². The van der Waals surface area contributed by atoms with E-state index in [1.807, 2.05) is 0 Å². The number of aromatic nitrogens is 2. The van der Waals surface area contributed by atoms with Gasteiger partial charge in [-0.2, -0.15) is 4.98 Å². The number of anilines is 1. The summed E-state index contributed by atoms with van der Waals surface area (Å²) in [5.41, 5.74) is 5.38. The lowest BCUT2D eigenvalue weighted by Gasteiger charge is -2.23. The first-order chi connectivity index (χ1) is 6.25. The standard InChI is InChI=1S/C9H15N3O/c1-6-3-2-4-7(5-6)8-11-9(10)13-12-8/h6-7H,2-5H2,1H3,(H2,10,11,12). The molecule has 4 heteroatoms. The van der Waals surface area contributed by atoms with Crippen molar-refractivity contribution < 1.29 is 4.52 Å². The molecule has 1 heterocycles. The van der Waals surface area contributed by atoms with Crippen LogP contribution in [0, 0.1) is 5.92 Å². The third-order valence-electron chi connectivity index (χ3n) is 2.76. The fourth-order valence-electron chi connectivity index (χ4n) is 2.08. The van der Waals surface area contributed by atoms with Crippen LogP contribution in [0.3, 0.4) is 0 Å². The molecule has 0 amide bonds. The van der Waals surface area contributed by atoms with E-state index in [2.05, 4.69) is 17.1 Å². The van der Waals surface area contributed by atoms with E-state index in [1.54, 1.807) is 0 Å². The molecule has 1 saturated carbocycles. The van der Waals surface area contributed by atoms with Crippen molar-refractivity contribution in [1.29, 1.82) is 0 Å². The molecule has 2 unspecified atom stereocenters. The second-order valence-electron chi connectivity index (χ2n) is 3.96. The van der Waals surface area contributed by atoms with Crippen molar-refractivity contribution in [1.82, 2.24) is 10.1 Å². The molecule has 2 N–H and O–H groups in total. The van der Waals surface area contributed by atoms with Crippen LogP contribution in [-0.2, 0) is 0 Å². The lowest BCUT2D eigenvalue weighted by atomic mass is 9.82. The summed E-state index contributed by atoms with van der Waals surface area (Å²) in [5.74, 6) is 2.03. The molecule has 0 radical (unpaired) electrons. The van der Waals surface area contributed by atoms with E-state index in [-0.39, 0.29) is 6.01 Å². The number of hydrogen-bond acceptors (Lipinski definition) is 4. The highest BCUT2D eigenvalue weighted by Crippen LogP contribution is 2.34. The Kier molecular flexibility index (Phi) is 2.20. The number of hydrogen-bond donors (Lipinski definition) is 1. The normalized spacial score (nSPS) is 29.0. The van der Waals surface area contributed by atoms with Crippen molar-refractivity contribution >= 4 is 6.01 Å². The summed E-state index contributed by atoms with van der Waals surface area (Å²) in [7, 11) is 0. The number of nitrogens with zero attached hydrogens (tertiary/aromatic N) is 2. The SMILES string of the molecule is CC1CCCC(c2noc(N)n2)C1. The summed E-state index contributed by atoms with van der Waals surface area (Å²) in [6.45, 7) is 2.27. The zero-order valence-corrected chi connectivity index (χ0v) is 7.86. The zero-order valence-electron chi connectivity index (χ0n) is 7.86. The zero-order chi connectivity index (χ0) is 9.26. The van der Waals surface area contributed by atoms with E-state index >= 15 is 0 Å².